The summed E-state index contributed by atoms with van der Waals surface area (Å²) in [7, 11) is 0. The van der Waals surface area contributed by atoms with Gasteiger partial charge in [-0.3, -0.25) is 4.79 Å². The average Bonchev–Trinajstić information content (AvgIpc) is 2.40. The van der Waals surface area contributed by atoms with Gasteiger partial charge >= 0.3 is 5.97 Å². The van der Waals surface area contributed by atoms with Crippen LogP contribution >= 0.6 is 0 Å². The first kappa shape index (κ1) is 15.2. The Morgan fingerprint density at radius 3 is 2.53 bits per heavy atom. The van der Waals surface area contributed by atoms with Crippen molar-refractivity contribution < 1.29 is 9.53 Å². The van der Waals surface area contributed by atoms with Gasteiger partial charge in [0, 0.05) is 6.21 Å². The molecule has 0 aliphatic rings. The normalized spacial score (nSPS) is 14.6. The SMILES string of the molecule is CCOC(=O)C(C)(Cc1ccccc1)C(C)=CC=N. The van der Waals surface area contributed by atoms with Gasteiger partial charge in [0.25, 0.3) is 0 Å². The Morgan fingerprint density at radius 2 is 2.00 bits per heavy atom. The van der Waals surface area contributed by atoms with E-state index in [1.54, 1.807) is 13.0 Å². The summed E-state index contributed by atoms with van der Waals surface area (Å²) in [6.07, 6.45) is 3.43. The predicted octanol–water partition coefficient (Wildman–Crippen LogP) is 3.39. The molecule has 19 heavy (non-hydrogen) atoms. The fourth-order valence-corrected chi connectivity index (χ4v) is 1.98. The van der Waals surface area contributed by atoms with Crippen LogP contribution in [0.25, 0.3) is 0 Å². The molecule has 0 bridgehead atoms. The highest BCUT2D eigenvalue weighted by molar-refractivity contribution is 5.82. The van der Waals surface area contributed by atoms with Crippen LogP contribution in [0.3, 0.4) is 0 Å². The van der Waals surface area contributed by atoms with E-state index >= 15 is 0 Å². The highest BCUT2D eigenvalue weighted by Crippen LogP contribution is 2.32. The summed E-state index contributed by atoms with van der Waals surface area (Å²) >= 11 is 0. The molecule has 1 aromatic rings. The zero-order valence-electron chi connectivity index (χ0n) is 11.8. The molecule has 0 amide bonds. The molecule has 1 N–H and O–H groups in total. The van der Waals surface area contributed by atoms with Crippen molar-refractivity contribution >= 4 is 12.2 Å². The molecule has 1 rings (SSSR count). The number of rotatable bonds is 6. The largest absolute Gasteiger partial charge is 0.465 e. The lowest BCUT2D eigenvalue weighted by Gasteiger charge is -2.28. The van der Waals surface area contributed by atoms with Crippen molar-refractivity contribution in [2.45, 2.75) is 27.2 Å². The van der Waals surface area contributed by atoms with Crippen LogP contribution in [0, 0.1) is 10.8 Å². The Balaban J connectivity index is 3.08. The van der Waals surface area contributed by atoms with Crippen molar-refractivity contribution in [3.05, 3.63) is 47.5 Å². The number of nitrogens with one attached hydrogen (secondary N) is 1. The topological polar surface area (TPSA) is 50.2 Å². The second kappa shape index (κ2) is 6.88. The van der Waals surface area contributed by atoms with Crippen molar-refractivity contribution in [3.8, 4) is 0 Å². The molecule has 0 radical (unpaired) electrons. The first-order chi connectivity index (χ1) is 9.04. The van der Waals surface area contributed by atoms with E-state index in [4.69, 9.17) is 10.1 Å². The minimum atomic E-state index is -0.727. The quantitative estimate of drug-likeness (QED) is 0.629. The lowest BCUT2D eigenvalue weighted by atomic mass is 9.77. The number of carbonyl (C=O) groups is 1. The van der Waals surface area contributed by atoms with E-state index in [1.165, 1.54) is 6.21 Å². The third-order valence-corrected chi connectivity index (χ3v) is 3.33. The lowest BCUT2D eigenvalue weighted by molar-refractivity contribution is -0.152. The maximum Gasteiger partial charge on any atom is 0.316 e. The van der Waals surface area contributed by atoms with Gasteiger partial charge in [0.15, 0.2) is 0 Å². The van der Waals surface area contributed by atoms with Gasteiger partial charge in [0.05, 0.1) is 12.0 Å². The number of ether oxygens (including phenoxy) is 1. The number of benzene rings is 1. The van der Waals surface area contributed by atoms with E-state index in [2.05, 4.69) is 0 Å². The smallest absolute Gasteiger partial charge is 0.316 e. The van der Waals surface area contributed by atoms with Crippen molar-refractivity contribution in [2.24, 2.45) is 5.41 Å². The zero-order chi connectivity index (χ0) is 14.3. The number of allylic oxidation sites excluding steroid dienone is 1. The van der Waals surface area contributed by atoms with Crippen molar-refractivity contribution in [1.29, 1.82) is 5.41 Å². The van der Waals surface area contributed by atoms with Gasteiger partial charge in [-0.15, -0.1) is 0 Å². The molecule has 0 heterocycles. The molecule has 0 aromatic heterocycles. The van der Waals surface area contributed by atoms with E-state index in [-0.39, 0.29) is 5.97 Å². The monoisotopic (exact) mass is 259 g/mol. The molecule has 0 saturated carbocycles. The molecule has 0 spiro atoms. The van der Waals surface area contributed by atoms with E-state index in [9.17, 15) is 4.79 Å². The molecule has 1 aromatic carbocycles. The molecule has 0 saturated heterocycles. The molecular formula is C16H21NO2. The maximum atomic E-state index is 12.2. The van der Waals surface area contributed by atoms with Gasteiger partial charge in [-0.25, -0.2) is 0 Å². The molecule has 0 aliphatic carbocycles. The number of esters is 1. The number of hydrogen-bond donors (Lipinski definition) is 1. The first-order valence-electron chi connectivity index (χ1n) is 6.43. The molecule has 3 heteroatoms. The minimum absolute atomic E-state index is 0.241. The van der Waals surface area contributed by atoms with E-state index < -0.39 is 5.41 Å². The standard InChI is InChI=1S/C16H21NO2/c1-4-19-15(18)16(3,13(2)10-11-17)12-14-8-6-5-7-9-14/h5-11,17H,4,12H2,1-3H3. The highest BCUT2D eigenvalue weighted by Gasteiger charge is 2.36. The molecule has 1 atom stereocenters. The summed E-state index contributed by atoms with van der Waals surface area (Å²) in [6.45, 7) is 5.90. The molecule has 3 nitrogen and oxygen atoms in total. The Labute approximate surface area is 114 Å². The molecule has 0 fully saturated rings. The lowest BCUT2D eigenvalue weighted by Crippen LogP contribution is -2.33. The Morgan fingerprint density at radius 1 is 1.37 bits per heavy atom. The van der Waals surface area contributed by atoms with E-state index in [0.717, 1.165) is 11.1 Å². The third-order valence-electron chi connectivity index (χ3n) is 3.33. The summed E-state index contributed by atoms with van der Waals surface area (Å²) < 4.78 is 5.19. The van der Waals surface area contributed by atoms with Gasteiger partial charge in [-0.2, -0.15) is 0 Å². The summed E-state index contributed by atoms with van der Waals surface area (Å²) in [5.74, 6) is -0.241. The summed E-state index contributed by atoms with van der Waals surface area (Å²) in [6, 6.07) is 9.85. The van der Waals surface area contributed by atoms with Gasteiger partial charge in [-0.05, 0) is 38.8 Å². The van der Waals surface area contributed by atoms with Crippen molar-refractivity contribution in [2.75, 3.05) is 6.61 Å². The molecular weight excluding hydrogens is 238 g/mol. The van der Waals surface area contributed by atoms with Crippen LogP contribution in [0.5, 0.6) is 0 Å². The number of hydrogen-bond acceptors (Lipinski definition) is 3. The van der Waals surface area contributed by atoms with Crippen LogP contribution in [-0.4, -0.2) is 18.8 Å². The average molecular weight is 259 g/mol. The van der Waals surface area contributed by atoms with E-state index in [0.29, 0.717) is 13.0 Å². The second-order valence-corrected chi connectivity index (χ2v) is 4.73. The number of carbonyl (C=O) groups excluding carboxylic acids is 1. The Bertz CT molecular complexity index is 465. The van der Waals surface area contributed by atoms with Crippen molar-refractivity contribution in [1.82, 2.24) is 0 Å². The van der Waals surface area contributed by atoms with Crippen LogP contribution in [0.15, 0.2) is 42.0 Å². The Hall–Kier alpha value is -1.90. The molecule has 0 aliphatic heterocycles. The van der Waals surface area contributed by atoms with E-state index in [1.807, 2.05) is 44.2 Å². The fourth-order valence-electron chi connectivity index (χ4n) is 1.98. The fraction of sp³-hybridized carbons (Fsp3) is 0.375. The minimum Gasteiger partial charge on any atom is -0.465 e. The van der Waals surface area contributed by atoms with Crippen LogP contribution in [0.1, 0.15) is 26.3 Å². The van der Waals surface area contributed by atoms with Crippen molar-refractivity contribution in [3.63, 3.8) is 0 Å². The van der Waals surface area contributed by atoms with Crippen LogP contribution in [-0.2, 0) is 16.0 Å². The van der Waals surface area contributed by atoms with Gasteiger partial charge in [0.1, 0.15) is 0 Å². The highest BCUT2D eigenvalue weighted by atomic mass is 16.5. The Kier molecular flexibility index (Phi) is 5.49. The van der Waals surface area contributed by atoms with Gasteiger partial charge < -0.3 is 10.1 Å². The molecule has 102 valence electrons. The first-order valence-corrected chi connectivity index (χ1v) is 6.43. The predicted molar refractivity (Wildman–Crippen MR) is 77.4 cm³/mol. The summed E-state index contributed by atoms with van der Waals surface area (Å²) in [5, 5.41) is 7.18. The second-order valence-electron chi connectivity index (χ2n) is 4.73. The summed E-state index contributed by atoms with van der Waals surface area (Å²) in [5.41, 5.74) is 1.19. The van der Waals surface area contributed by atoms with Crippen LogP contribution < -0.4 is 0 Å². The summed E-state index contributed by atoms with van der Waals surface area (Å²) in [4.78, 5) is 12.2. The maximum absolute atomic E-state index is 12.2. The molecule has 1 unspecified atom stereocenters. The van der Waals surface area contributed by atoms with Gasteiger partial charge in [-0.1, -0.05) is 35.9 Å². The van der Waals surface area contributed by atoms with Crippen LogP contribution in [0.4, 0.5) is 0 Å². The van der Waals surface area contributed by atoms with Crippen LogP contribution in [0.2, 0.25) is 0 Å². The zero-order valence-corrected chi connectivity index (χ0v) is 11.8. The van der Waals surface area contributed by atoms with Gasteiger partial charge in [0.2, 0.25) is 0 Å². The third kappa shape index (κ3) is 3.78.